The van der Waals surface area contributed by atoms with E-state index in [0.717, 1.165) is 31.4 Å². The van der Waals surface area contributed by atoms with Gasteiger partial charge in [-0.25, -0.2) is 0 Å². The first-order chi connectivity index (χ1) is 13.1. The molecule has 6 heteroatoms. The predicted molar refractivity (Wildman–Crippen MR) is 108 cm³/mol. The van der Waals surface area contributed by atoms with Crippen LogP contribution in [0.4, 0.5) is 0 Å². The Labute approximate surface area is 165 Å². The smallest absolute Gasteiger partial charge is 0.262 e. The summed E-state index contributed by atoms with van der Waals surface area (Å²) in [5, 5.41) is 3.15. The van der Waals surface area contributed by atoms with E-state index in [-0.39, 0.29) is 23.8 Å². The summed E-state index contributed by atoms with van der Waals surface area (Å²) in [6.07, 6.45) is 10.3. The van der Waals surface area contributed by atoms with Crippen LogP contribution >= 0.6 is 11.8 Å². The van der Waals surface area contributed by atoms with E-state index in [4.69, 9.17) is 0 Å². The van der Waals surface area contributed by atoms with E-state index in [1.165, 1.54) is 24.2 Å². The first-order valence-corrected chi connectivity index (χ1v) is 11.3. The third-order valence-electron chi connectivity index (χ3n) is 5.49. The summed E-state index contributed by atoms with van der Waals surface area (Å²) in [5.74, 6) is -0.177. The fraction of sp³-hybridized carbons (Fsp3) is 0.571. The largest absolute Gasteiger partial charge is 0.352 e. The van der Waals surface area contributed by atoms with Gasteiger partial charge in [0.15, 0.2) is 0 Å². The van der Waals surface area contributed by atoms with E-state index >= 15 is 0 Å². The second-order valence-electron chi connectivity index (χ2n) is 7.37. The normalized spacial score (nSPS) is 19.4. The van der Waals surface area contributed by atoms with Crippen molar-refractivity contribution in [3.05, 3.63) is 35.4 Å². The number of hydrogen-bond donors (Lipinski definition) is 1. The minimum atomic E-state index is -0.740. The highest BCUT2D eigenvalue weighted by atomic mass is 32.2. The van der Waals surface area contributed by atoms with E-state index in [2.05, 4.69) is 5.32 Å². The molecule has 1 saturated carbocycles. The van der Waals surface area contributed by atoms with Crippen LogP contribution in [0.1, 0.15) is 72.1 Å². The third kappa shape index (κ3) is 4.54. The third-order valence-corrected chi connectivity index (χ3v) is 6.13. The molecule has 3 rings (SSSR count). The molecule has 0 spiro atoms. The zero-order valence-corrected chi connectivity index (χ0v) is 16.7. The SMILES string of the molecule is CSCC[C@H](C(=O)NC1CCCCCCC1)N1C(=O)c2ccccc2C1=O. The number of nitrogens with one attached hydrogen (secondary N) is 1. The number of benzene rings is 1. The Bertz CT molecular complexity index is 663. The topological polar surface area (TPSA) is 66.5 Å². The minimum absolute atomic E-state index is 0.143. The molecule has 0 unspecified atom stereocenters. The average molecular weight is 389 g/mol. The van der Waals surface area contributed by atoms with Crippen LogP contribution in [0.3, 0.4) is 0 Å². The van der Waals surface area contributed by atoms with Crippen LogP contribution in [0, 0.1) is 0 Å². The maximum atomic E-state index is 13.1. The van der Waals surface area contributed by atoms with Gasteiger partial charge >= 0.3 is 0 Å². The second-order valence-corrected chi connectivity index (χ2v) is 8.36. The van der Waals surface area contributed by atoms with Gasteiger partial charge in [0.25, 0.3) is 11.8 Å². The number of rotatable bonds is 6. The van der Waals surface area contributed by atoms with Crippen molar-refractivity contribution in [3.8, 4) is 0 Å². The number of thioether (sulfide) groups is 1. The van der Waals surface area contributed by atoms with Crippen LogP contribution in [0.15, 0.2) is 24.3 Å². The Morgan fingerprint density at radius 3 is 2.19 bits per heavy atom. The Kier molecular flexibility index (Phi) is 6.94. The molecule has 5 nitrogen and oxygen atoms in total. The summed E-state index contributed by atoms with van der Waals surface area (Å²) in [6.45, 7) is 0. The van der Waals surface area contributed by atoms with Crippen LogP contribution in [0.5, 0.6) is 0 Å². The highest BCUT2D eigenvalue weighted by Gasteiger charge is 2.42. The predicted octanol–water partition coefficient (Wildman–Crippen LogP) is 3.63. The maximum absolute atomic E-state index is 13.1. The van der Waals surface area contributed by atoms with Crippen molar-refractivity contribution in [2.24, 2.45) is 0 Å². The summed E-state index contributed by atoms with van der Waals surface area (Å²) in [5.41, 5.74) is 0.797. The molecule has 2 aliphatic rings. The van der Waals surface area contributed by atoms with Crippen molar-refractivity contribution in [3.63, 3.8) is 0 Å². The second kappa shape index (κ2) is 9.40. The molecular weight excluding hydrogens is 360 g/mol. The van der Waals surface area contributed by atoms with Gasteiger partial charge in [-0.3, -0.25) is 19.3 Å². The molecule has 1 aliphatic heterocycles. The van der Waals surface area contributed by atoms with E-state index in [1.807, 2.05) is 6.26 Å². The van der Waals surface area contributed by atoms with Crippen LogP contribution in [-0.4, -0.2) is 46.7 Å². The number of nitrogens with zero attached hydrogens (tertiary/aromatic N) is 1. The molecule has 0 bridgehead atoms. The van der Waals surface area contributed by atoms with E-state index < -0.39 is 6.04 Å². The number of hydrogen-bond acceptors (Lipinski definition) is 4. The van der Waals surface area contributed by atoms with Gasteiger partial charge in [0, 0.05) is 6.04 Å². The number of amides is 3. The lowest BCUT2D eigenvalue weighted by Crippen LogP contribution is -2.52. The van der Waals surface area contributed by atoms with Gasteiger partial charge in [0.2, 0.25) is 5.91 Å². The van der Waals surface area contributed by atoms with Gasteiger partial charge in [0.1, 0.15) is 6.04 Å². The molecule has 0 saturated heterocycles. The molecule has 0 aromatic heterocycles. The Morgan fingerprint density at radius 1 is 1.07 bits per heavy atom. The highest BCUT2D eigenvalue weighted by Crippen LogP contribution is 2.26. The van der Waals surface area contributed by atoms with Gasteiger partial charge in [0.05, 0.1) is 11.1 Å². The van der Waals surface area contributed by atoms with E-state index in [9.17, 15) is 14.4 Å². The van der Waals surface area contributed by atoms with Crippen molar-refractivity contribution in [2.75, 3.05) is 12.0 Å². The van der Waals surface area contributed by atoms with Crippen molar-refractivity contribution < 1.29 is 14.4 Å². The Balaban J connectivity index is 1.76. The molecule has 3 amide bonds. The summed E-state index contributed by atoms with van der Waals surface area (Å²) in [4.78, 5) is 39.9. The number of carbonyl (C=O) groups is 3. The number of fused-ring (bicyclic) bond motifs is 1. The summed E-state index contributed by atoms with van der Waals surface area (Å²) < 4.78 is 0. The summed E-state index contributed by atoms with van der Waals surface area (Å²) >= 11 is 1.62. The van der Waals surface area contributed by atoms with Crippen LogP contribution in [0.2, 0.25) is 0 Å². The lowest BCUT2D eigenvalue weighted by atomic mass is 9.96. The minimum Gasteiger partial charge on any atom is -0.352 e. The monoisotopic (exact) mass is 388 g/mol. The molecule has 1 atom stereocenters. The van der Waals surface area contributed by atoms with Crippen LogP contribution < -0.4 is 5.32 Å². The molecule has 1 heterocycles. The van der Waals surface area contributed by atoms with Gasteiger partial charge in [-0.1, -0.05) is 44.2 Å². The van der Waals surface area contributed by atoms with E-state index in [1.54, 1.807) is 36.0 Å². The van der Waals surface area contributed by atoms with Gasteiger partial charge in [-0.05, 0) is 43.4 Å². The highest BCUT2D eigenvalue weighted by molar-refractivity contribution is 7.98. The molecule has 0 radical (unpaired) electrons. The molecule has 1 aliphatic carbocycles. The fourth-order valence-corrected chi connectivity index (χ4v) is 4.45. The van der Waals surface area contributed by atoms with E-state index in [0.29, 0.717) is 17.5 Å². The molecule has 146 valence electrons. The van der Waals surface area contributed by atoms with Crippen molar-refractivity contribution in [2.45, 2.75) is 63.5 Å². The maximum Gasteiger partial charge on any atom is 0.262 e. The van der Waals surface area contributed by atoms with Gasteiger partial charge in [-0.15, -0.1) is 0 Å². The quantitative estimate of drug-likeness (QED) is 0.756. The molecular formula is C21H28N2O3S. The number of imide groups is 1. The summed E-state index contributed by atoms with van der Waals surface area (Å²) in [7, 11) is 0. The molecule has 27 heavy (non-hydrogen) atoms. The van der Waals surface area contributed by atoms with Crippen molar-refractivity contribution in [1.82, 2.24) is 10.2 Å². The van der Waals surface area contributed by atoms with Gasteiger partial charge < -0.3 is 5.32 Å². The lowest BCUT2D eigenvalue weighted by Gasteiger charge is -2.28. The van der Waals surface area contributed by atoms with Crippen LogP contribution in [-0.2, 0) is 4.79 Å². The Morgan fingerprint density at radius 2 is 1.63 bits per heavy atom. The summed E-state index contributed by atoms with van der Waals surface area (Å²) in [6, 6.07) is 6.22. The average Bonchev–Trinajstić information content (AvgIpc) is 2.90. The number of carbonyl (C=O) groups excluding carboxylic acids is 3. The first kappa shape index (κ1) is 19.9. The van der Waals surface area contributed by atoms with Crippen LogP contribution in [0.25, 0.3) is 0 Å². The van der Waals surface area contributed by atoms with Crippen molar-refractivity contribution >= 4 is 29.5 Å². The molecule has 1 aromatic rings. The zero-order chi connectivity index (χ0) is 19.2. The standard InChI is InChI=1S/C21H28N2O3S/c1-27-14-13-18(19(24)22-15-9-5-3-2-4-6-10-15)23-20(25)16-11-7-8-12-17(16)21(23)26/h7-8,11-12,15,18H,2-6,9-10,13-14H2,1H3,(H,22,24)/t18-/m1/s1. The first-order valence-electron chi connectivity index (χ1n) is 9.89. The van der Waals surface area contributed by atoms with Gasteiger partial charge in [-0.2, -0.15) is 11.8 Å². The lowest BCUT2D eigenvalue weighted by molar-refractivity contribution is -0.126. The molecule has 1 N–H and O–H groups in total. The molecule has 1 fully saturated rings. The Hall–Kier alpha value is -1.82. The molecule has 1 aromatic carbocycles. The van der Waals surface area contributed by atoms with Crippen molar-refractivity contribution in [1.29, 1.82) is 0 Å². The zero-order valence-electron chi connectivity index (χ0n) is 15.9. The fourth-order valence-electron chi connectivity index (χ4n) is 4.00.